The Labute approximate surface area is 204 Å². The number of aromatic nitrogens is 4. The molecule has 6 atom stereocenters. The molecule has 2 saturated carbocycles. The first-order valence-corrected chi connectivity index (χ1v) is 12.8. The second-order valence-electron chi connectivity index (χ2n) is 9.07. The number of aromatic amines is 1. The number of rotatable bonds is 10. The molecule has 1 unspecified atom stereocenters. The van der Waals surface area contributed by atoms with E-state index in [1.54, 1.807) is 10.7 Å². The van der Waals surface area contributed by atoms with E-state index >= 15 is 0 Å². The van der Waals surface area contributed by atoms with Gasteiger partial charge in [-0.1, -0.05) is 24.8 Å². The van der Waals surface area contributed by atoms with Crippen LogP contribution in [0.1, 0.15) is 43.7 Å². The first-order chi connectivity index (χ1) is 16.9. The topological polar surface area (TPSA) is 128 Å². The quantitative estimate of drug-likeness (QED) is 0.208. The number of aliphatic hydroxyl groups is 3. The van der Waals surface area contributed by atoms with Crippen molar-refractivity contribution in [1.29, 1.82) is 0 Å². The van der Waals surface area contributed by atoms with Gasteiger partial charge in [0.2, 0.25) is 0 Å². The molecule has 9 nitrogen and oxygen atoms in total. The monoisotopic (exact) mass is 509 g/mol. The lowest BCUT2D eigenvalue weighted by Crippen LogP contribution is -2.34. The maximum atomic E-state index is 13.7. The lowest BCUT2D eigenvalue weighted by Gasteiger charge is -2.26. The molecule has 0 bridgehead atoms. The predicted octanol–water partition coefficient (Wildman–Crippen LogP) is 2.55. The molecular formula is C23H29F2N5O4S. The summed E-state index contributed by atoms with van der Waals surface area (Å²) in [6.45, 7) is 1.99. The van der Waals surface area contributed by atoms with Crippen LogP contribution in [0.5, 0.6) is 0 Å². The Hall–Kier alpha value is -2.25. The van der Waals surface area contributed by atoms with E-state index in [-0.39, 0.29) is 25.2 Å². The van der Waals surface area contributed by atoms with E-state index in [2.05, 4.69) is 27.3 Å². The molecule has 0 aliphatic heterocycles. The van der Waals surface area contributed by atoms with Gasteiger partial charge in [0.15, 0.2) is 28.3 Å². The third kappa shape index (κ3) is 4.77. The minimum Gasteiger partial charge on any atom is -0.394 e. The molecule has 35 heavy (non-hydrogen) atoms. The van der Waals surface area contributed by atoms with Crippen molar-refractivity contribution in [2.45, 2.75) is 67.7 Å². The van der Waals surface area contributed by atoms with Crippen molar-refractivity contribution in [2.24, 2.45) is 0 Å². The van der Waals surface area contributed by atoms with Crippen LogP contribution >= 0.6 is 11.8 Å². The third-order valence-corrected chi connectivity index (χ3v) is 7.66. The number of ether oxygens (including phenoxy) is 1. The average Bonchev–Trinajstić information content (AvgIpc) is 3.54. The Morgan fingerprint density at radius 2 is 2.03 bits per heavy atom. The lowest BCUT2D eigenvalue weighted by atomic mass is 10.1. The summed E-state index contributed by atoms with van der Waals surface area (Å²) in [4.78, 5) is 9.33. The Kier molecular flexibility index (Phi) is 6.99. The Morgan fingerprint density at radius 3 is 2.77 bits per heavy atom. The summed E-state index contributed by atoms with van der Waals surface area (Å²) in [5, 5.41) is 37.2. The highest BCUT2D eigenvalue weighted by Crippen LogP contribution is 2.44. The predicted molar refractivity (Wildman–Crippen MR) is 127 cm³/mol. The smallest absolute Gasteiger partial charge is 0.191 e. The van der Waals surface area contributed by atoms with Crippen molar-refractivity contribution in [1.82, 2.24) is 19.7 Å². The van der Waals surface area contributed by atoms with Crippen molar-refractivity contribution >= 4 is 28.7 Å². The van der Waals surface area contributed by atoms with Crippen LogP contribution in [-0.2, 0) is 4.74 Å². The third-order valence-electron chi connectivity index (χ3n) is 6.60. The number of nitrogens with zero attached hydrogens (tertiary/aromatic N) is 3. The molecule has 0 amide bonds. The van der Waals surface area contributed by atoms with Crippen LogP contribution in [0.15, 0.2) is 23.4 Å². The number of aliphatic hydroxyl groups excluding tert-OH is 3. The molecule has 2 aliphatic carbocycles. The van der Waals surface area contributed by atoms with Crippen LogP contribution in [-0.4, -0.2) is 78.4 Å². The molecule has 2 aromatic heterocycles. The highest BCUT2D eigenvalue weighted by molar-refractivity contribution is 7.99. The zero-order valence-electron chi connectivity index (χ0n) is 19.2. The standard InChI is InChI=1S/C23H29F2N5O4S/c1-2-7-35-23-27-21(26-15-9-12(15)11-3-4-13(24)14(25)8-11)18-22(28-23)30(29-18)16-10-17(34-6-5-31)20(33)19(16)32/h3-4,8,12,15-17,19-20,29,31-33H,2,5-7,9-10H2,1H3,(H,26,27,28)/t12-,15+,16?,17-,19-,20+/m0/s1. The van der Waals surface area contributed by atoms with Crippen LogP contribution in [0.4, 0.5) is 14.6 Å². The number of hydrogen-bond acceptors (Lipinski definition) is 8. The SMILES string of the molecule is CCCSc1nc(N[C@@H]2C[C@H]2c2ccc(F)c(F)c2)c2[nH]n(C3C[C@H](OCCO)[C@@H](O)[C@H]3O)c2n1. The molecule has 0 radical (unpaired) electrons. The van der Waals surface area contributed by atoms with E-state index < -0.39 is 36.0 Å². The second-order valence-corrected chi connectivity index (χ2v) is 10.1. The summed E-state index contributed by atoms with van der Waals surface area (Å²) < 4.78 is 34.2. The van der Waals surface area contributed by atoms with Gasteiger partial charge in [0, 0.05) is 24.1 Å². The highest BCUT2D eigenvalue weighted by Gasteiger charge is 2.45. The van der Waals surface area contributed by atoms with E-state index in [4.69, 9.17) is 9.84 Å². The first kappa shape index (κ1) is 24.4. The number of fused-ring (bicyclic) bond motifs is 1. The lowest BCUT2D eigenvalue weighted by molar-refractivity contribution is -0.0629. The molecule has 190 valence electrons. The molecule has 2 fully saturated rings. The van der Waals surface area contributed by atoms with Gasteiger partial charge < -0.3 is 25.4 Å². The zero-order valence-corrected chi connectivity index (χ0v) is 20.0. The van der Waals surface area contributed by atoms with Crippen LogP contribution in [0.2, 0.25) is 0 Å². The van der Waals surface area contributed by atoms with Gasteiger partial charge in [-0.3, -0.25) is 9.78 Å². The molecule has 0 saturated heterocycles. The van der Waals surface area contributed by atoms with Gasteiger partial charge in [0.1, 0.15) is 17.7 Å². The summed E-state index contributed by atoms with van der Waals surface area (Å²) in [7, 11) is 0. The maximum absolute atomic E-state index is 13.7. The molecule has 2 aliphatic rings. The van der Waals surface area contributed by atoms with Gasteiger partial charge in [0.25, 0.3) is 0 Å². The Balaban J connectivity index is 1.38. The number of nitrogens with one attached hydrogen (secondary N) is 2. The molecule has 3 aromatic rings. The molecule has 5 N–H and O–H groups in total. The fraction of sp³-hybridized carbons (Fsp3) is 0.565. The van der Waals surface area contributed by atoms with Crippen LogP contribution in [0.25, 0.3) is 11.2 Å². The first-order valence-electron chi connectivity index (χ1n) is 11.8. The summed E-state index contributed by atoms with van der Waals surface area (Å²) in [5.74, 6) is -0.209. The summed E-state index contributed by atoms with van der Waals surface area (Å²) in [6, 6.07) is 3.55. The van der Waals surface area contributed by atoms with Crippen molar-refractivity contribution in [2.75, 3.05) is 24.3 Å². The minimum atomic E-state index is -1.07. The normalized spacial score (nSPS) is 28.2. The number of benzene rings is 1. The van der Waals surface area contributed by atoms with Crippen LogP contribution in [0.3, 0.4) is 0 Å². The van der Waals surface area contributed by atoms with Gasteiger partial charge in [-0.25, -0.2) is 18.7 Å². The van der Waals surface area contributed by atoms with Crippen molar-refractivity contribution in [3.8, 4) is 0 Å². The van der Waals surface area contributed by atoms with Crippen molar-refractivity contribution < 1.29 is 28.8 Å². The Bertz CT molecular complexity index is 1190. The van der Waals surface area contributed by atoms with E-state index in [9.17, 15) is 19.0 Å². The molecule has 0 spiro atoms. The van der Waals surface area contributed by atoms with Gasteiger partial charge in [0.05, 0.1) is 25.4 Å². The highest BCUT2D eigenvalue weighted by atomic mass is 32.2. The largest absolute Gasteiger partial charge is 0.394 e. The molecule has 5 rings (SSSR count). The van der Waals surface area contributed by atoms with E-state index in [1.165, 1.54) is 17.8 Å². The second kappa shape index (κ2) is 10.0. The number of halogens is 2. The van der Waals surface area contributed by atoms with Gasteiger partial charge in [-0.05, 0) is 30.5 Å². The van der Waals surface area contributed by atoms with E-state index in [1.807, 2.05) is 0 Å². The van der Waals surface area contributed by atoms with Crippen LogP contribution < -0.4 is 5.32 Å². The molecule has 12 heteroatoms. The zero-order chi connectivity index (χ0) is 24.7. The number of H-pyrrole nitrogens is 1. The number of hydrogen-bond donors (Lipinski definition) is 5. The van der Waals surface area contributed by atoms with E-state index in [0.29, 0.717) is 28.6 Å². The van der Waals surface area contributed by atoms with E-state index in [0.717, 1.165) is 30.2 Å². The minimum absolute atomic E-state index is 0.0221. The maximum Gasteiger partial charge on any atom is 0.191 e. The fourth-order valence-electron chi connectivity index (χ4n) is 4.66. The van der Waals surface area contributed by atoms with Crippen molar-refractivity contribution in [3.05, 3.63) is 35.4 Å². The summed E-state index contributed by atoms with van der Waals surface area (Å²) in [6.07, 6.45) is -0.645. The molecular weight excluding hydrogens is 480 g/mol. The van der Waals surface area contributed by atoms with Gasteiger partial charge in [-0.15, -0.1) is 0 Å². The Morgan fingerprint density at radius 1 is 1.20 bits per heavy atom. The molecule has 2 heterocycles. The summed E-state index contributed by atoms with van der Waals surface area (Å²) in [5.41, 5.74) is 2.04. The number of thioether (sulfide) groups is 1. The number of anilines is 1. The van der Waals surface area contributed by atoms with Gasteiger partial charge in [-0.2, -0.15) is 0 Å². The van der Waals surface area contributed by atoms with Crippen molar-refractivity contribution in [3.63, 3.8) is 0 Å². The fourth-order valence-corrected chi connectivity index (χ4v) is 5.36. The molecule has 1 aromatic carbocycles. The van der Waals surface area contributed by atoms with Gasteiger partial charge >= 0.3 is 0 Å². The van der Waals surface area contributed by atoms with Crippen LogP contribution in [0, 0.1) is 11.6 Å². The summed E-state index contributed by atoms with van der Waals surface area (Å²) >= 11 is 1.52. The average molecular weight is 510 g/mol.